The van der Waals surface area contributed by atoms with Crippen molar-refractivity contribution in [3.63, 3.8) is 0 Å². The summed E-state index contributed by atoms with van der Waals surface area (Å²) in [5.41, 5.74) is 1.19. The van der Waals surface area contributed by atoms with Crippen molar-refractivity contribution in [1.29, 1.82) is 0 Å². The van der Waals surface area contributed by atoms with Crippen molar-refractivity contribution >= 4 is 11.5 Å². The van der Waals surface area contributed by atoms with Crippen molar-refractivity contribution in [2.24, 2.45) is 0 Å². The third-order valence-electron chi connectivity index (χ3n) is 3.33. The molecule has 3 rings (SSSR count). The van der Waals surface area contributed by atoms with Gasteiger partial charge in [0.25, 0.3) is 0 Å². The van der Waals surface area contributed by atoms with E-state index >= 15 is 0 Å². The normalized spacial score (nSPS) is 20.1. The molecular weight excluding hydrogens is 232 g/mol. The molecule has 1 N–H and O–H groups in total. The lowest BCUT2D eigenvalue weighted by Gasteiger charge is -2.21. The summed E-state index contributed by atoms with van der Waals surface area (Å²) in [4.78, 5) is 15.4. The maximum atomic E-state index is 11.0. The van der Waals surface area contributed by atoms with Crippen LogP contribution in [0.5, 0.6) is 0 Å². The molecule has 0 aliphatic carbocycles. The largest absolute Gasteiger partial charge is 0.478 e. The van der Waals surface area contributed by atoms with E-state index in [4.69, 9.17) is 9.84 Å². The van der Waals surface area contributed by atoms with Crippen LogP contribution in [-0.2, 0) is 4.74 Å². The number of aromatic carboxylic acids is 1. The number of carboxylic acids is 1. The predicted molar refractivity (Wildman–Crippen MR) is 64.9 cm³/mol. The van der Waals surface area contributed by atoms with E-state index < -0.39 is 5.97 Å². The highest BCUT2D eigenvalue weighted by molar-refractivity contribution is 5.87. The molecule has 0 saturated carbocycles. The summed E-state index contributed by atoms with van der Waals surface area (Å²) in [6, 6.07) is 3.38. The fourth-order valence-corrected chi connectivity index (χ4v) is 2.38. The van der Waals surface area contributed by atoms with E-state index in [9.17, 15) is 4.79 Å². The second-order valence-electron chi connectivity index (χ2n) is 4.55. The minimum absolute atomic E-state index is 0.255. The Morgan fingerprint density at radius 1 is 1.50 bits per heavy atom. The Morgan fingerprint density at radius 2 is 2.39 bits per heavy atom. The first kappa shape index (κ1) is 11.2. The number of rotatable bonds is 2. The van der Waals surface area contributed by atoms with Crippen molar-refractivity contribution in [1.82, 2.24) is 9.38 Å². The van der Waals surface area contributed by atoms with Gasteiger partial charge >= 0.3 is 5.97 Å². The first-order valence-corrected chi connectivity index (χ1v) is 6.04. The number of hydrogen-bond acceptors (Lipinski definition) is 3. The van der Waals surface area contributed by atoms with Gasteiger partial charge in [0.1, 0.15) is 5.82 Å². The minimum Gasteiger partial charge on any atom is -0.478 e. The summed E-state index contributed by atoms with van der Waals surface area (Å²) in [6.45, 7) is 1.47. The Bertz CT molecular complexity index is 585. The highest BCUT2D eigenvalue weighted by Crippen LogP contribution is 2.25. The Balaban J connectivity index is 2.05. The average molecular weight is 246 g/mol. The van der Waals surface area contributed by atoms with Gasteiger partial charge in [0.15, 0.2) is 0 Å². The van der Waals surface area contributed by atoms with Gasteiger partial charge in [0.05, 0.1) is 23.9 Å². The third-order valence-corrected chi connectivity index (χ3v) is 3.33. The van der Waals surface area contributed by atoms with Crippen LogP contribution in [0.15, 0.2) is 24.5 Å². The number of carboxylic acid groups (broad SMARTS) is 1. The van der Waals surface area contributed by atoms with Crippen LogP contribution in [0.3, 0.4) is 0 Å². The van der Waals surface area contributed by atoms with Gasteiger partial charge in [-0.2, -0.15) is 0 Å². The molecular formula is C13H14N2O3. The summed E-state index contributed by atoms with van der Waals surface area (Å²) < 4.78 is 7.33. The van der Waals surface area contributed by atoms with Gasteiger partial charge in [0.2, 0.25) is 0 Å². The lowest BCUT2D eigenvalue weighted by Crippen LogP contribution is -2.18. The molecule has 2 aromatic rings. The van der Waals surface area contributed by atoms with Gasteiger partial charge in [-0.3, -0.25) is 0 Å². The lowest BCUT2D eigenvalue weighted by atomic mass is 10.0. The number of fused-ring (bicyclic) bond motifs is 1. The van der Waals surface area contributed by atoms with Gasteiger partial charge in [-0.15, -0.1) is 0 Å². The Hall–Kier alpha value is -1.88. The van der Waals surface area contributed by atoms with E-state index in [0.717, 1.165) is 30.8 Å². The molecule has 0 spiro atoms. The molecule has 5 heteroatoms. The maximum Gasteiger partial charge on any atom is 0.337 e. The molecule has 3 heterocycles. The smallest absolute Gasteiger partial charge is 0.337 e. The molecule has 0 radical (unpaired) electrons. The number of carbonyl (C=O) groups is 1. The number of hydrogen-bond donors (Lipinski definition) is 1. The van der Waals surface area contributed by atoms with E-state index in [-0.39, 0.29) is 11.5 Å². The number of aromatic nitrogens is 2. The fraction of sp³-hybridized carbons (Fsp3) is 0.385. The van der Waals surface area contributed by atoms with E-state index in [1.807, 2.05) is 4.40 Å². The lowest BCUT2D eigenvalue weighted by molar-refractivity contribution is 0.0696. The number of nitrogens with zero attached hydrogens (tertiary/aromatic N) is 2. The summed E-state index contributed by atoms with van der Waals surface area (Å²) in [5.74, 6) is 0.231. The SMILES string of the molecule is O=C(O)c1ccc2cnc(C3CCCOC3)n2c1. The highest BCUT2D eigenvalue weighted by Gasteiger charge is 2.20. The van der Waals surface area contributed by atoms with Gasteiger partial charge in [-0.1, -0.05) is 0 Å². The zero-order chi connectivity index (χ0) is 12.5. The molecule has 1 aliphatic rings. The van der Waals surface area contributed by atoms with Gasteiger partial charge < -0.3 is 14.2 Å². The second-order valence-corrected chi connectivity index (χ2v) is 4.55. The van der Waals surface area contributed by atoms with Gasteiger partial charge in [-0.25, -0.2) is 9.78 Å². The monoisotopic (exact) mass is 246 g/mol. The molecule has 0 bridgehead atoms. The number of pyridine rings is 1. The van der Waals surface area contributed by atoms with Crippen LogP contribution >= 0.6 is 0 Å². The molecule has 0 aromatic carbocycles. The molecule has 1 atom stereocenters. The van der Waals surface area contributed by atoms with E-state index in [2.05, 4.69) is 4.98 Å². The van der Waals surface area contributed by atoms with E-state index in [1.165, 1.54) is 0 Å². The first-order chi connectivity index (χ1) is 8.75. The molecule has 1 unspecified atom stereocenters. The zero-order valence-corrected chi connectivity index (χ0v) is 9.87. The van der Waals surface area contributed by atoms with Crippen LogP contribution in [0.2, 0.25) is 0 Å². The van der Waals surface area contributed by atoms with E-state index in [0.29, 0.717) is 6.61 Å². The molecule has 0 amide bonds. The van der Waals surface area contributed by atoms with Crippen LogP contribution in [0.25, 0.3) is 5.52 Å². The van der Waals surface area contributed by atoms with Crippen molar-refractivity contribution in [3.8, 4) is 0 Å². The fourth-order valence-electron chi connectivity index (χ4n) is 2.38. The standard InChI is InChI=1S/C13H14N2O3/c16-13(17)9-3-4-11-6-14-12(15(11)7-9)10-2-1-5-18-8-10/h3-4,6-7,10H,1-2,5,8H2,(H,16,17). The van der Waals surface area contributed by atoms with Crippen molar-refractivity contribution in [2.45, 2.75) is 18.8 Å². The van der Waals surface area contributed by atoms with Crippen LogP contribution in [0.1, 0.15) is 34.9 Å². The zero-order valence-electron chi connectivity index (χ0n) is 9.87. The highest BCUT2D eigenvalue weighted by atomic mass is 16.5. The van der Waals surface area contributed by atoms with Gasteiger partial charge in [0, 0.05) is 18.7 Å². The molecule has 18 heavy (non-hydrogen) atoms. The minimum atomic E-state index is -0.920. The summed E-state index contributed by atoms with van der Waals surface area (Å²) in [6.07, 6.45) is 5.47. The Morgan fingerprint density at radius 3 is 3.11 bits per heavy atom. The molecule has 1 saturated heterocycles. The number of ether oxygens (including phenoxy) is 1. The Labute approximate surface area is 104 Å². The average Bonchev–Trinajstić information content (AvgIpc) is 2.82. The molecule has 5 nitrogen and oxygen atoms in total. The van der Waals surface area contributed by atoms with Crippen LogP contribution in [-0.4, -0.2) is 33.7 Å². The second kappa shape index (κ2) is 4.42. The van der Waals surface area contributed by atoms with Crippen LogP contribution < -0.4 is 0 Å². The molecule has 2 aromatic heterocycles. The van der Waals surface area contributed by atoms with Gasteiger partial charge in [-0.05, 0) is 25.0 Å². The molecule has 1 fully saturated rings. The van der Waals surface area contributed by atoms with E-state index in [1.54, 1.807) is 24.5 Å². The van der Waals surface area contributed by atoms with Crippen molar-refractivity contribution in [2.75, 3.05) is 13.2 Å². The van der Waals surface area contributed by atoms with Crippen LogP contribution in [0, 0.1) is 0 Å². The predicted octanol–water partition coefficient (Wildman–Crippen LogP) is 1.93. The summed E-state index contributed by atoms with van der Waals surface area (Å²) in [5, 5.41) is 9.02. The van der Waals surface area contributed by atoms with Crippen LogP contribution in [0.4, 0.5) is 0 Å². The quantitative estimate of drug-likeness (QED) is 0.879. The first-order valence-electron chi connectivity index (χ1n) is 6.04. The Kier molecular flexibility index (Phi) is 2.76. The summed E-state index contributed by atoms with van der Waals surface area (Å²) in [7, 11) is 0. The summed E-state index contributed by atoms with van der Waals surface area (Å²) >= 11 is 0. The number of imidazole rings is 1. The molecule has 1 aliphatic heterocycles. The van der Waals surface area contributed by atoms with Crippen molar-refractivity contribution < 1.29 is 14.6 Å². The topological polar surface area (TPSA) is 63.8 Å². The maximum absolute atomic E-state index is 11.0. The molecule has 94 valence electrons. The van der Waals surface area contributed by atoms with Crippen molar-refractivity contribution in [3.05, 3.63) is 35.9 Å². The third kappa shape index (κ3) is 1.86.